The Kier molecular flexibility index (Phi) is 4.96. The van der Waals surface area contributed by atoms with E-state index in [0.717, 1.165) is 18.4 Å². The first-order valence-corrected chi connectivity index (χ1v) is 7.14. The predicted octanol–water partition coefficient (Wildman–Crippen LogP) is 3.05. The molecule has 0 aromatic heterocycles. The largest absolute Gasteiger partial charge is 0.462 e. The average molecular weight is 274 g/mol. The molecule has 1 aromatic carbocycles. The number of hydrogen-bond acceptors (Lipinski definition) is 3. The molecule has 1 aliphatic carbocycles. The Labute approximate surface area is 120 Å². The van der Waals surface area contributed by atoms with E-state index in [-0.39, 0.29) is 24.4 Å². The smallest absolute Gasteiger partial charge is 0.338 e. The van der Waals surface area contributed by atoms with Crippen molar-refractivity contribution in [3.63, 3.8) is 0 Å². The summed E-state index contributed by atoms with van der Waals surface area (Å²) in [5, 5.41) is 9.25. The van der Waals surface area contributed by atoms with Crippen LogP contribution < -0.4 is 0 Å². The Morgan fingerprint density at radius 3 is 2.70 bits per heavy atom. The van der Waals surface area contributed by atoms with E-state index in [2.05, 4.69) is 13.5 Å². The molecule has 0 spiro atoms. The molecule has 0 aliphatic heterocycles. The number of hydrogen-bond donors (Lipinski definition) is 1. The molecule has 3 heteroatoms. The third-order valence-corrected chi connectivity index (χ3v) is 4.32. The highest BCUT2D eigenvalue weighted by Crippen LogP contribution is 2.40. The predicted molar refractivity (Wildman–Crippen MR) is 78.3 cm³/mol. The number of ether oxygens (including phenoxy) is 1. The van der Waals surface area contributed by atoms with Crippen LogP contribution in [0.5, 0.6) is 0 Å². The van der Waals surface area contributed by atoms with Gasteiger partial charge in [0.25, 0.3) is 0 Å². The zero-order valence-corrected chi connectivity index (χ0v) is 11.9. The number of esters is 1. The van der Waals surface area contributed by atoms with Crippen LogP contribution in [0.2, 0.25) is 0 Å². The fraction of sp³-hybridized carbons (Fsp3) is 0.471. The maximum atomic E-state index is 12.0. The molecule has 0 radical (unpaired) electrons. The topological polar surface area (TPSA) is 46.5 Å². The molecule has 1 aliphatic rings. The van der Waals surface area contributed by atoms with Gasteiger partial charge < -0.3 is 9.84 Å². The Hall–Kier alpha value is -1.61. The monoisotopic (exact) mass is 274 g/mol. The molecule has 0 amide bonds. The molecular formula is C17H22O3. The fourth-order valence-electron chi connectivity index (χ4n) is 3.00. The van der Waals surface area contributed by atoms with Gasteiger partial charge in [0.15, 0.2) is 0 Å². The first-order valence-electron chi connectivity index (χ1n) is 7.14. The summed E-state index contributed by atoms with van der Waals surface area (Å²) in [6.45, 7) is 6.52. The minimum atomic E-state index is -0.280. The second kappa shape index (κ2) is 6.71. The summed E-state index contributed by atoms with van der Waals surface area (Å²) >= 11 is 0. The summed E-state index contributed by atoms with van der Waals surface area (Å²) in [4.78, 5) is 12.0. The number of rotatable bonds is 5. The number of carbonyl (C=O) groups excluding carboxylic acids is 1. The molecule has 1 aromatic rings. The van der Waals surface area contributed by atoms with Crippen molar-refractivity contribution < 1.29 is 14.6 Å². The fourth-order valence-corrected chi connectivity index (χ4v) is 3.00. The van der Waals surface area contributed by atoms with Gasteiger partial charge in [0.2, 0.25) is 0 Å². The molecule has 0 unspecified atom stereocenters. The average Bonchev–Trinajstić information content (AvgIpc) is 2.86. The molecular weight excluding hydrogens is 252 g/mol. The van der Waals surface area contributed by atoms with Crippen molar-refractivity contribution in [3.05, 3.63) is 48.0 Å². The molecule has 20 heavy (non-hydrogen) atoms. The van der Waals surface area contributed by atoms with Crippen LogP contribution >= 0.6 is 0 Å². The Morgan fingerprint density at radius 2 is 2.05 bits per heavy atom. The molecule has 0 bridgehead atoms. The van der Waals surface area contributed by atoms with Crippen LogP contribution in [0.4, 0.5) is 0 Å². The quantitative estimate of drug-likeness (QED) is 0.663. The molecule has 0 saturated heterocycles. The summed E-state index contributed by atoms with van der Waals surface area (Å²) in [5.41, 5.74) is 1.44. The molecule has 3 atom stereocenters. The third kappa shape index (κ3) is 3.28. The molecule has 1 N–H and O–H groups in total. The standard InChI is InChI=1S/C17H22O3/c1-12-8-9-15(13(2)10-18)16(12)11-20-17(19)14-6-4-3-5-7-14/h3-7,12,15-16,18H,2,8-11H2,1H3/t12-,15+,16+/m0/s1. The van der Waals surface area contributed by atoms with Gasteiger partial charge >= 0.3 is 5.97 Å². The van der Waals surface area contributed by atoms with E-state index < -0.39 is 0 Å². The van der Waals surface area contributed by atoms with Gasteiger partial charge in [-0.25, -0.2) is 4.79 Å². The number of aliphatic hydroxyl groups is 1. The van der Waals surface area contributed by atoms with Crippen molar-refractivity contribution in [3.8, 4) is 0 Å². The lowest BCUT2D eigenvalue weighted by atomic mass is 9.86. The molecule has 3 nitrogen and oxygen atoms in total. The molecule has 0 heterocycles. The SMILES string of the molecule is C=C(CO)[C@H]1CC[C@H](C)[C@H]1COC(=O)c1ccccc1. The van der Waals surface area contributed by atoms with Crippen molar-refractivity contribution >= 4 is 5.97 Å². The molecule has 1 fully saturated rings. The maximum absolute atomic E-state index is 12.0. The zero-order valence-electron chi connectivity index (χ0n) is 11.9. The van der Waals surface area contributed by atoms with Gasteiger partial charge in [0, 0.05) is 5.92 Å². The van der Waals surface area contributed by atoms with Crippen LogP contribution in [0.1, 0.15) is 30.1 Å². The van der Waals surface area contributed by atoms with Gasteiger partial charge in [0.05, 0.1) is 18.8 Å². The molecule has 108 valence electrons. The molecule has 2 rings (SSSR count). The lowest BCUT2D eigenvalue weighted by Crippen LogP contribution is -2.23. The van der Waals surface area contributed by atoms with Crippen molar-refractivity contribution in [2.45, 2.75) is 19.8 Å². The summed E-state index contributed by atoms with van der Waals surface area (Å²) in [7, 11) is 0. The second-order valence-electron chi connectivity index (χ2n) is 5.61. The zero-order chi connectivity index (χ0) is 14.5. The van der Waals surface area contributed by atoms with Crippen LogP contribution in [0.15, 0.2) is 42.5 Å². The lowest BCUT2D eigenvalue weighted by molar-refractivity contribution is 0.0386. The van der Waals surface area contributed by atoms with E-state index in [0.29, 0.717) is 18.1 Å². The molecule has 1 saturated carbocycles. The van der Waals surface area contributed by atoms with Gasteiger partial charge in [0.1, 0.15) is 0 Å². The van der Waals surface area contributed by atoms with Crippen LogP contribution in [0.25, 0.3) is 0 Å². The van der Waals surface area contributed by atoms with E-state index >= 15 is 0 Å². The highest BCUT2D eigenvalue weighted by Gasteiger charge is 2.35. The van der Waals surface area contributed by atoms with Crippen molar-refractivity contribution in [2.75, 3.05) is 13.2 Å². The van der Waals surface area contributed by atoms with Crippen LogP contribution in [0, 0.1) is 17.8 Å². The van der Waals surface area contributed by atoms with E-state index in [9.17, 15) is 9.90 Å². The Bertz CT molecular complexity index is 466. The number of carbonyl (C=O) groups is 1. The van der Waals surface area contributed by atoms with Gasteiger partial charge in [-0.2, -0.15) is 0 Å². The van der Waals surface area contributed by atoms with Crippen LogP contribution in [-0.4, -0.2) is 24.3 Å². The highest BCUT2D eigenvalue weighted by molar-refractivity contribution is 5.89. The van der Waals surface area contributed by atoms with E-state index in [1.165, 1.54) is 0 Å². The Balaban J connectivity index is 1.95. The number of benzene rings is 1. The van der Waals surface area contributed by atoms with Crippen molar-refractivity contribution in [2.24, 2.45) is 17.8 Å². The van der Waals surface area contributed by atoms with Gasteiger partial charge in [-0.15, -0.1) is 0 Å². The maximum Gasteiger partial charge on any atom is 0.338 e. The highest BCUT2D eigenvalue weighted by atomic mass is 16.5. The second-order valence-corrected chi connectivity index (χ2v) is 5.61. The van der Waals surface area contributed by atoms with Crippen LogP contribution in [-0.2, 0) is 4.74 Å². The first kappa shape index (κ1) is 14.8. The van der Waals surface area contributed by atoms with Gasteiger partial charge in [-0.05, 0) is 42.4 Å². The van der Waals surface area contributed by atoms with E-state index in [1.54, 1.807) is 12.1 Å². The van der Waals surface area contributed by atoms with Crippen molar-refractivity contribution in [1.82, 2.24) is 0 Å². The summed E-state index contributed by atoms with van der Waals surface area (Å²) in [6, 6.07) is 9.03. The lowest BCUT2D eigenvalue weighted by Gasteiger charge is -2.23. The minimum Gasteiger partial charge on any atom is -0.462 e. The van der Waals surface area contributed by atoms with Gasteiger partial charge in [-0.3, -0.25) is 0 Å². The normalized spacial score (nSPS) is 25.4. The summed E-state index contributed by atoms with van der Waals surface area (Å²) in [6.07, 6.45) is 2.12. The van der Waals surface area contributed by atoms with Crippen LogP contribution in [0.3, 0.4) is 0 Å². The van der Waals surface area contributed by atoms with Gasteiger partial charge in [-0.1, -0.05) is 31.7 Å². The first-order chi connectivity index (χ1) is 9.63. The third-order valence-electron chi connectivity index (χ3n) is 4.32. The van der Waals surface area contributed by atoms with Crippen molar-refractivity contribution in [1.29, 1.82) is 0 Å². The number of aliphatic hydroxyl groups excluding tert-OH is 1. The summed E-state index contributed by atoms with van der Waals surface area (Å²) < 4.78 is 5.45. The van der Waals surface area contributed by atoms with E-state index in [1.807, 2.05) is 18.2 Å². The van der Waals surface area contributed by atoms with E-state index in [4.69, 9.17) is 4.74 Å². The summed E-state index contributed by atoms with van der Waals surface area (Å²) in [5.74, 6) is 0.741. The minimum absolute atomic E-state index is 0.0144. The Morgan fingerprint density at radius 1 is 1.35 bits per heavy atom.